The first-order chi connectivity index (χ1) is 10.7. The Morgan fingerprint density at radius 1 is 1.00 bits per heavy atom. The molecule has 0 aliphatic rings. The summed E-state index contributed by atoms with van der Waals surface area (Å²) in [7, 11) is 3.24. The predicted octanol–water partition coefficient (Wildman–Crippen LogP) is 2.80. The number of halogens is 1. The van der Waals surface area contributed by atoms with E-state index < -0.39 is 0 Å². The summed E-state index contributed by atoms with van der Waals surface area (Å²) in [6, 6.07) is 3.85. The van der Waals surface area contributed by atoms with E-state index in [9.17, 15) is 0 Å². The molecule has 0 radical (unpaired) electrons. The van der Waals surface area contributed by atoms with Crippen molar-refractivity contribution in [2.45, 2.75) is 27.3 Å². The van der Waals surface area contributed by atoms with Crippen LogP contribution < -0.4 is 24.8 Å². The second-order valence-electron chi connectivity index (χ2n) is 4.49. The number of guanidine groups is 1. The largest absolute Gasteiger partial charge is 0.493 e. The van der Waals surface area contributed by atoms with Crippen molar-refractivity contribution in [3.8, 4) is 17.2 Å². The summed E-state index contributed by atoms with van der Waals surface area (Å²) in [5, 5.41) is 6.39. The molecule has 132 valence electrons. The van der Waals surface area contributed by atoms with E-state index in [4.69, 9.17) is 14.2 Å². The second-order valence-corrected chi connectivity index (χ2v) is 4.49. The van der Waals surface area contributed by atoms with Gasteiger partial charge in [0.1, 0.15) is 0 Å². The summed E-state index contributed by atoms with van der Waals surface area (Å²) in [5.41, 5.74) is 0.991. The molecule has 1 aromatic carbocycles. The van der Waals surface area contributed by atoms with Crippen LogP contribution in [-0.2, 0) is 6.54 Å². The average Bonchev–Trinajstić information content (AvgIpc) is 2.53. The van der Waals surface area contributed by atoms with Crippen LogP contribution in [-0.4, -0.2) is 39.9 Å². The Balaban J connectivity index is 0.00000484. The number of nitrogens with one attached hydrogen (secondary N) is 2. The lowest BCUT2D eigenvalue weighted by Crippen LogP contribution is -2.36. The number of nitrogens with zero attached hydrogens (tertiary/aromatic N) is 1. The summed E-state index contributed by atoms with van der Waals surface area (Å²) in [6.45, 7) is 8.72. The Bertz CT molecular complexity index is 462. The number of ether oxygens (including phenoxy) is 3. The van der Waals surface area contributed by atoms with E-state index in [0.29, 0.717) is 30.4 Å². The van der Waals surface area contributed by atoms with Gasteiger partial charge in [0.15, 0.2) is 17.5 Å². The van der Waals surface area contributed by atoms with Gasteiger partial charge in [-0.1, -0.05) is 0 Å². The fraction of sp³-hybridized carbons (Fsp3) is 0.562. The Morgan fingerprint density at radius 2 is 1.52 bits per heavy atom. The summed E-state index contributed by atoms with van der Waals surface area (Å²) >= 11 is 0. The first kappa shape index (κ1) is 21.6. The SMILES string of the molecule is CCNC(=NCc1cc(OC)c(OCC)c(OC)c1)NCC.I. The first-order valence-electron chi connectivity index (χ1n) is 7.59. The van der Waals surface area contributed by atoms with Gasteiger partial charge in [-0.15, -0.1) is 24.0 Å². The van der Waals surface area contributed by atoms with Crippen molar-refractivity contribution in [3.63, 3.8) is 0 Å². The summed E-state index contributed by atoms with van der Waals surface area (Å²) in [5.74, 6) is 2.72. The topological polar surface area (TPSA) is 64.1 Å². The molecular weight excluding hydrogens is 409 g/mol. The van der Waals surface area contributed by atoms with Crippen LogP contribution in [0.25, 0.3) is 0 Å². The molecule has 0 aliphatic carbocycles. The molecule has 0 saturated carbocycles. The Kier molecular flexibility index (Phi) is 11.4. The van der Waals surface area contributed by atoms with E-state index >= 15 is 0 Å². The van der Waals surface area contributed by atoms with Gasteiger partial charge in [0.2, 0.25) is 5.75 Å². The molecule has 0 unspecified atom stereocenters. The molecule has 0 saturated heterocycles. The molecule has 0 amide bonds. The predicted molar refractivity (Wildman–Crippen MR) is 105 cm³/mol. The third-order valence-corrected chi connectivity index (χ3v) is 2.92. The summed E-state index contributed by atoms with van der Waals surface area (Å²) in [6.07, 6.45) is 0. The molecule has 7 heteroatoms. The van der Waals surface area contributed by atoms with Crippen LogP contribution in [0.1, 0.15) is 26.3 Å². The van der Waals surface area contributed by atoms with Gasteiger partial charge in [0, 0.05) is 13.1 Å². The van der Waals surface area contributed by atoms with Crippen LogP contribution in [0.2, 0.25) is 0 Å². The third-order valence-electron chi connectivity index (χ3n) is 2.92. The van der Waals surface area contributed by atoms with Crippen LogP contribution >= 0.6 is 24.0 Å². The molecule has 23 heavy (non-hydrogen) atoms. The van der Waals surface area contributed by atoms with E-state index in [1.807, 2.05) is 32.9 Å². The van der Waals surface area contributed by atoms with E-state index in [1.165, 1.54) is 0 Å². The van der Waals surface area contributed by atoms with E-state index in [-0.39, 0.29) is 24.0 Å². The maximum atomic E-state index is 5.60. The van der Waals surface area contributed by atoms with Crippen LogP contribution in [0.3, 0.4) is 0 Å². The molecule has 1 rings (SSSR count). The molecule has 0 heterocycles. The van der Waals surface area contributed by atoms with Crippen molar-refractivity contribution in [2.24, 2.45) is 4.99 Å². The van der Waals surface area contributed by atoms with Crippen molar-refractivity contribution in [2.75, 3.05) is 33.9 Å². The molecule has 0 spiro atoms. The van der Waals surface area contributed by atoms with Gasteiger partial charge < -0.3 is 24.8 Å². The summed E-state index contributed by atoms with van der Waals surface area (Å²) < 4.78 is 16.4. The van der Waals surface area contributed by atoms with Crippen LogP contribution in [0, 0.1) is 0 Å². The van der Waals surface area contributed by atoms with Crippen molar-refractivity contribution >= 4 is 29.9 Å². The highest BCUT2D eigenvalue weighted by Gasteiger charge is 2.13. The van der Waals surface area contributed by atoms with Gasteiger partial charge in [-0.25, -0.2) is 4.99 Å². The normalized spacial score (nSPS) is 9.43. The van der Waals surface area contributed by atoms with Gasteiger partial charge in [-0.2, -0.15) is 0 Å². The van der Waals surface area contributed by atoms with Crippen LogP contribution in [0.15, 0.2) is 17.1 Å². The lowest BCUT2D eigenvalue weighted by molar-refractivity contribution is 0.288. The molecule has 0 fully saturated rings. The minimum Gasteiger partial charge on any atom is -0.493 e. The molecule has 1 aromatic rings. The molecule has 0 aliphatic heterocycles. The lowest BCUT2D eigenvalue weighted by Gasteiger charge is -2.15. The van der Waals surface area contributed by atoms with Gasteiger partial charge in [-0.3, -0.25) is 0 Å². The van der Waals surface area contributed by atoms with Crippen molar-refractivity contribution in [1.29, 1.82) is 0 Å². The monoisotopic (exact) mass is 437 g/mol. The fourth-order valence-electron chi connectivity index (χ4n) is 1.99. The highest BCUT2D eigenvalue weighted by atomic mass is 127. The van der Waals surface area contributed by atoms with Crippen molar-refractivity contribution < 1.29 is 14.2 Å². The third kappa shape index (κ3) is 6.72. The second kappa shape index (κ2) is 12.1. The van der Waals surface area contributed by atoms with E-state index in [0.717, 1.165) is 24.6 Å². The molecule has 2 N–H and O–H groups in total. The first-order valence-corrected chi connectivity index (χ1v) is 7.59. The molecule has 6 nitrogen and oxygen atoms in total. The van der Waals surface area contributed by atoms with E-state index in [1.54, 1.807) is 14.2 Å². The average molecular weight is 437 g/mol. The number of hydrogen-bond acceptors (Lipinski definition) is 4. The molecule has 0 atom stereocenters. The van der Waals surface area contributed by atoms with Gasteiger partial charge >= 0.3 is 0 Å². The minimum atomic E-state index is 0. The van der Waals surface area contributed by atoms with Crippen molar-refractivity contribution in [1.82, 2.24) is 10.6 Å². The Hall–Kier alpha value is -1.38. The zero-order valence-electron chi connectivity index (χ0n) is 14.6. The summed E-state index contributed by atoms with van der Waals surface area (Å²) in [4.78, 5) is 4.54. The molecule has 0 aromatic heterocycles. The lowest BCUT2D eigenvalue weighted by atomic mass is 10.2. The number of benzene rings is 1. The Morgan fingerprint density at radius 3 is 1.91 bits per heavy atom. The van der Waals surface area contributed by atoms with Crippen LogP contribution in [0.5, 0.6) is 17.2 Å². The van der Waals surface area contributed by atoms with Gasteiger partial charge in [0.25, 0.3) is 0 Å². The number of aliphatic imine (C=N–C) groups is 1. The molecular formula is C16H28IN3O3. The maximum Gasteiger partial charge on any atom is 0.203 e. The highest BCUT2D eigenvalue weighted by molar-refractivity contribution is 14.0. The smallest absolute Gasteiger partial charge is 0.203 e. The van der Waals surface area contributed by atoms with Crippen LogP contribution in [0.4, 0.5) is 0 Å². The van der Waals surface area contributed by atoms with Gasteiger partial charge in [0.05, 0.1) is 27.4 Å². The quantitative estimate of drug-likeness (QED) is 0.372. The van der Waals surface area contributed by atoms with Crippen molar-refractivity contribution in [3.05, 3.63) is 17.7 Å². The standard InChI is InChI=1S/C16H27N3O3.HI/c1-6-17-16(18-7-2)19-11-12-9-13(20-4)15(22-8-3)14(10-12)21-5;/h9-10H,6-8,11H2,1-5H3,(H2,17,18,19);1H. The van der Waals surface area contributed by atoms with Gasteiger partial charge in [-0.05, 0) is 38.5 Å². The van der Waals surface area contributed by atoms with E-state index in [2.05, 4.69) is 15.6 Å². The number of methoxy groups -OCH3 is 2. The highest BCUT2D eigenvalue weighted by Crippen LogP contribution is 2.38. The number of hydrogen-bond donors (Lipinski definition) is 2. The zero-order chi connectivity index (χ0) is 16.4. The molecule has 0 bridgehead atoms. The number of rotatable bonds is 8. The minimum absolute atomic E-state index is 0. The zero-order valence-corrected chi connectivity index (χ0v) is 16.9. The Labute approximate surface area is 156 Å². The maximum absolute atomic E-state index is 5.60. The fourth-order valence-corrected chi connectivity index (χ4v) is 1.99.